The molecule has 2 rings (SSSR count). The van der Waals surface area contributed by atoms with Crippen LogP contribution in [0.25, 0.3) is 0 Å². The molecule has 0 radical (unpaired) electrons. The summed E-state index contributed by atoms with van der Waals surface area (Å²) in [5, 5.41) is 7.34. The lowest BCUT2D eigenvalue weighted by Crippen LogP contribution is -2.03. The molecule has 0 amide bonds. The van der Waals surface area contributed by atoms with E-state index < -0.39 is 0 Å². The first-order valence-corrected chi connectivity index (χ1v) is 5.34. The lowest BCUT2D eigenvalue weighted by molar-refractivity contribution is 0.628. The van der Waals surface area contributed by atoms with Gasteiger partial charge in [-0.1, -0.05) is 0 Å². The third kappa shape index (κ3) is 2.55. The fourth-order valence-electron chi connectivity index (χ4n) is 1.69. The van der Waals surface area contributed by atoms with Crippen LogP contribution in [0, 0.1) is 12.7 Å². The van der Waals surface area contributed by atoms with Gasteiger partial charge in [-0.3, -0.25) is 4.68 Å². The van der Waals surface area contributed by atoms with Gasteiger partial charge in [0.2, 0.25) is 0 Å². The van der Waals surface area contributed by atoms with Crippen LogP contribution in [-0.4, -0.2) is 9.78 Å². The van der Waals surface area contributed by atoms with E-state index >= 15 is 0 Å². The number of rotatable bonds is 3. The van der Waals surface area contributed by atoms with Crippen molar-refractivity contribution >= 4 is 11.4 Å². The lowest BCUT2D eigenvalue weighted by atomic mass is 10.2. The number of hydrogen-bond acceptors (Lipinski definition) is 3. The first-order valence-electron chi connectivity index (χ1n) is 5.34. The minimum Gasteiger partial charge on any atom is -0.397 e. The predicted molar refractivity (Wildman–Crippen MR) is 66.1 cm³/mol. The van der Waals surface area contributed by atoms with E-state index in [-0.39, 0.29) is 5.82 Å². The third-order valence-electron chi connectivity index (χ3n) is 2.60. The van der Waals surface area contributed by atoms with Crippen molar-refractivity contribution in [3.63, 3.8) is 0 Å². The summed E-state index contributed by atoms with van der Waals surface area (Å²) in [5.74, 6) is -0.301. The van der Waals surface area contributed by atoms with Gasteiger partial charge >= 0.3 is 0 Å². The zero-order valence-corrected chi connectivity index (χ0v) is 9.87. The van der Waals surface area contributed by atoms with Crippen LogP contribution < -0.4 is 11.1 Å². The van der Waals surface area contributed by atoms with Gasteiger partial charge < -0.3 is 11.1 Å². The van der Waals surface area contributed by atoms with Crippen molar-refractivity contribution in [1.82, 2.24) is 9.78 Å². The highest BCUT2D eigenvalue weighted by Crippen LogP contribution is 2.20. The van der Waals surface area contributed by atoms with E-state index in [4.69, 9.17) is 5.73 Å². The van der Waals surface area contributed by atoms with E-state index in [0.29, 0.717) is 17.9 Å². The van der Waals surface area contributed by atoms with Gasteiger partial charge in [0, 0.05) is 25.4 Å². The van der Waals surface area contributed by atoms with E-state index in [1.54, 1.807) is 10.7 Å². The number of nitrogen functional groups attached to an aromatic ring is 1. The number of nitrogens with zero attached hydrogens (tertiary/aromatic N) is 2. The van der Waals surface area contributed by atoms with Gasteiger partial charge in [0.15, 0.2) is 0 Å². The van der Waals surface area contributed by atoms with E-state index in [1.807, 2.05) is 20.2 Å². The summed E-state index contributed by atoms with van der Waals surface area (Å²) < 4.78 is 14.8. The molecular weight excluding hydrogens is 219 g/mol. The van der Waals surface area contributed by atoms with Crippen LogP contribution in [0.5, 0.6) is 0 Å². The second kappa shape index (κ2) is 4.45. The number of anilines is 2. The van der Waals surface area contributed by atoms with Gasteiger partial charge in [0.05, 0.1) is 17.1 Å². The Hall–Kier alpha value is -2.04. The van der Waals surface area contributed by atoms with Gasteiger partial charge in [-0.15, -0.1) is 0 Å². The van der Waals surface area contributed by atoms with E-state index in [1.165, 1.54) is 12.1 Å². The maximum Gasteiger partial charge on any atom is 0.125 e. The van der Waals surface area contributed by atoms with Crippen molar-refractivity contribution in [3.8, 4) is 0 Å². The van der Waals surface area contributed by atoms with Crippen LogP contribution in [0.15, 0.2) is 24.4 Å². The van der Waals surface area contributed by atoms with Crippen molar-refractivity contribution in [3.05, 3.63) is 41.5 Å². The summed E-state index contributed by atoms with van der Waals surface area (Å²) in [4.78, 5) is 0. The SMILES string of the molecule is Cc1nn(C)cc1CNc1cc(F)ccc1N. The summed E-state index contributed by atoms with van der Waals surface area (Å²) >= 11 is 0. The summed E-state index contributed by atoms with van der Waals surface area (Å²) in [5.41, 5.74) is 8.91. The molecule has 1 aromatic heterocycles. The number of aromatic nitrogens is 2. The van der Waals surface area contributed by atoms with Gasteiger partial charge in [0.1, 0.15) is 5.82 Å². The lowest BCUT2D eigenvalue weighted by Gasteiger charge is -2.08. The van der Waals surface area contributed by atoms with Crippen LogP contribution in [0.2, 0.25) is 0 Å². The smallest absolute Gasteiger partial charge is 0.125 e. The topological polar surface area (TPSA) is 55.9 Å². The first-order chi connectivity index (χ1) is 8.06. The molecule has 1 heterocycles. The molecule has 3 N–H and O–H groups in total. The second-order valence-corrected chi connectivity index (χ2v) is 4.00. The monoisotopic (exact) mass is 234 g/mol. The van der Waals surface area contributed by atoms with Crippen LogP contribution in [0.1, 0.15) is 11.3 Å². The Kier molecular flexibility index (Phi) is 2.99. The van der Waals surface area contributed by atoms with Crippen molar-refractivity contribution in [2.75, 3.05) is 11.1 Å². The van der Waals surface area contributed by atoms with Crippen LogP contribution in [0.4, 0.5) is 15.8 Å². The molecule has 0 aliphatic rings. The Balaban J connectivity index is 2.12. The number of halogens is 1. The van der Waals surface area contributed by atoms with Crippen LogP contribution in [-0.2, 0) is 13.6 Å². The number of nitrogens with one attached hydrogen (secondary N) is 1. The highest BCUT2D eigenvalue weighted by atomic mass is 19.1. The molecule has 4 nitrogen and oxygen atoms in total. The van der Waals surface area contributed by atoms with Gasteiger partial charge in [-0.25, -0.2) is 4.39 Å². The Morgan fingerprint density at radius 1 is 1.47 bits per heavy atom. The predicted octanol–water partition coefficient (Wildman–Crippen LogP) is 2.06. The van der Waals surface area contributed by atoms with E-state index in [0.717, 1.165) is 11.3 Å². The average Bonchev–Trinajstić information content (AvgIpc) is 2.59. The first kappa shape index (κ1) is 11.4. The normalized spacial score (nSPS) is 10.5. The second-order valence-electron chi connectivity index (χ2n) is 4.00. The number of hydrogen-bond donors (Lipinski definition) is 2. The molecule has 0 bridgehead atoms. The number of aryl methyl sites for hydroxylation is 2. The Bertz CT molecular complexity index is 533. The van der Waals surface area contributed by atoms with E-state index in [9.17, 15) is 4.39 Å². The Labute approximate surface area is 99.2 Å². The summed E-state index contributed by atoms with van der Waals surface area (Å²) in [6.45, 7) is 2.51. The molecule has 90 valence electrons. The minimum absolute atomic E-state index is 0.301. The molecule has 0 unspecified atom stereocenters. The van der Waals surface area contributed by atoms with Crippen molar-refractivity contribution in [1.29, 1.82) is 0 Å². The molecule has 0 aliphatic carbocycles. The summed E-state index contributed by atoms with van der Waals surface area (Å²) in [6, 6.07) is 4.28. The molecule has 0 saturated heterocycles. The minimum atomic E-state index is -0.301. The van der Waals surface area contributed by atoms with Gasteiger partial charge in [0.25, 0.3) is 0 Å². The summed E-state index contributed by atoms with van der Waals surface area (Å²) in [6.07, 6.45) is 1.93. The Morgan fingerprint density at radius 3 is 2.88 bits per heavy atom. The average molecular weight is 234 g/mol. The molecule has 5 heteroatoms. The van der Waals surface area contributed by atoms with E-state index in [2.05, 4.69) is 10.4 Å². The molecule has 0 fully saturated rings. The van der Waals surface area contributed by atoms with Gasteiger partial charge in [-0.2, -0.15) is 5.10 Å². The Morgan fingerprint density at radius 2 is 2.24 bits per heavy atom. The van der Waals surface area contributed by atoms with Crippen molar-refractivity contribution in [2.45, 2.75) is 13.5 Å². The zero-order valence-electron chi connectivity index (χ0n) is 9.87. The zero-order chi connectivity index (χ0) is 12.4. The summed E-state index contributed by atoms with van der Waals surface area (Å²) in [7, 11) is 1.87. The van der Waals surface area contributed by atoms with Gasteiger partial charge in [-0.05, 0) is 25.1 Å². The molecule has 1 aromatic carbocycles. The molecule has 17 heavy (non-hydrogen) atoms. The van der Waals surface area contributed by atoms with Crippen molar-refractivity contribution < 1.29 is 4.39 Å². The fraction of sp³-hybridized carbons (Fsp3) is 0.250. The maximum absolute atomic E-state index is 13.0. The quantitative estimate of drug-likeness (QED) is 0.799. The maximum atomic E-state index is 13.0. The molecule has 0 saturated carbocycles. The number of nitrogens with two attached hydrogens (primary N) is 1. The molecule has 0 aliphatic heterocycles. The van der Waals surface area contributed by atoms with Crippen LogP contribution >= 0.6 is 0 Å². The fourth-order valence-corrected chi connectivity index (χ4v) is 1.69. The number of benzene rings is 1. The highest BCUT2D eigenvalue weighted by Gasteiger charge is 2.05. The van der Waals surface area contributed by atoms with Crippen LogP contribution in [0.3, 0.4) is 0 Å². The highest BCUT2D eigenvalue weighted by molar-refractivity contribution is 5.65. The molecular formula is C12H15FN4. The molecule has 0 atom stereocenters. The molecule has 0 spiro atoms. The molecule has 2 aromatic rings. The largest absolute Gasteiger partial charge is 0.397 e. The van der Waals surface area contributed by atoms with Crippen molar-refractivity contribution in [2.24, 2.45) is 7.05 Å². The standard InChI is InChI=1S/C12H15FN4/c1-8-9(7-17(2)16-8)6-15-12-5-10(13)3-4-11(12)14/h3-5,7,15H,6,14H2,1-2H3. The third-order valence-corrected chi connectivity index (χ3v) is 2.60.